The molecule has 2 fully saturated rings. The Morgan fingerprint density at radius 1 is 1.06 bits per heavy atom. The fourth-order valence-corrected chi connectivity index (χ4v) is 3.63. The first kappa shape index (κ1) is 14.3. The van der Waals surface area contributed by atoms with Crippen LogP contribution in [0.25, 0.3) is 0 Å². The van der Waals surface area contributed by atoms with Crippen molar-refractivity contribution >= 4 is 0 Å². The minimum absolute atomic E-state index is 0.596. The maximum absolute atomic E-state index is 5.71. The van der Waals surface area contributed by atoms with E-state index in [9.17, 15) is 0 Å². The van der Waals surface area contributed by atoms with Crippen LogP contribution in [0.1, 0.15) is 65.2 Å². The van der Waals surface area contributed by atoms with Gasteiger partial charge in [0.2, 0.25) is 0 Å². The SMILES string of the molecule is CC(C)NCC1CCCC1CCCC1CCCO1. The van der Waals surface area contributed by atoms with Gasteiger partial charge in [-0.15, -0.1) is 0 Å². The van der Waals surface area contributed by atoms with Crippen molar-refractivity contribution in [1.82, 2.24) is 5.32 Å². The Morgan fingerprint density at radius 2 is 1.89 bits per heavy atom. The van der Waals surface area contributed by atoms with E-state index in [1.807, 2.05) is 0 Å². The second-order valence-electron chi connectivity index (χ2n) is 6.58. The van der Waals surface area contributed by atoms with Gasteiger partial charge in [0.25, 0.3) is 0 Å². The van der Waals surface area contributed by atoms with Crippen LogP contribution >= 0.6 is 0 Å². The molecule has 1 N–H and O–H groups in total. The Balaban J connectivity index is 1.61. The van der Waals surface area contributed by atoms with Gasteiger partial charge < -0.3 is 10.1 Å². The number of nitrogens with one attached hydrogen (secondary N) is 1. The average Bonchev–Trinajstić information content (AvgIpc) is 2.97. The summed E-state index contributed by atoms with van der Waals surface area (Å²) in [4.78, 5) is 0. The van der Waals surface area contributed by atoms with Crippen molar-refractivity contribution in [2.75, 3.05) is 13.2 Å². The third kappa shape index (κ3) is 4.55. The Labute approximate surface area is 113 Å². The van der Waals surface area contributed by atoms with Gasteiger partial charge in [0.05, 0.1) is 6.10 Å². The summed E-state index contributed by atoms with van der Waals surface area (Å²) in [5.74, 6) is 1.93. The van der Waals surface area contributed by atoms with Crippen LogP contribution in [-0.2, 0) is 4.74 Å². The van der Waals surface area contributed by atoms with Crippen LogP contribution in [0.2, 0.25) is 0 Å². The van der Waals surface area contributed by atoms with Crippen molar-refractivity contribution in [1.29, 1.82) is 0 Å². The summed E-state index contributed by atoms with van der Waals surface area (Å²) < 4.78 is 5.71. The molecule has 3 unspecified atom stereocenters. The first-order valence-electron chi connectivity index (χ1n) is 8.10. The molecule has 1 saturated carbocycles. The van der Waals surface area contributed by atoms with Crippen LogP contribution < -0.4 is 5.32 Å². The first-order chi connectivity index (χ1) is 8.75. The highest BCUT2D eigenvalue weighted by atomic mass is 16.5. The molecule has 0 aromatic carbocycles. The molecule has 0 radical (unpaired) electrons. The van der Waals surface area contributed by atoms with Gasteiger partial charge in [-0.3, -0.25) is 0 Å². The van der Waals surface area contributed by atoms with Gasteiger partial charge >= 0.3 is 0 Å². The molecule has 0 amide bonds. The van der Waals surface area contributed by atoms with Crippen molar-refractivity contribution in [3.63, 3.8) is 0 Å². The van der Waals surface area contributed by atoms with Crippen LogP contribution in [0.4, 0.5) is 0 Å². The third-order valence-corrected chi connectivity index (χ3v) is 4.73. The molecule has 0 bridgehead atoms. The van der Waals surface area contributed by atoms with E-state index < -0.39 is 0 Å². The molecule has 0 aromatic rings. The molecular weight excluding hydrogens is 222 g/mol. The number of hydrogen-bond donors (Lipinski definition) is 1. The van der Waals surface area contributed by atoms with Gasteiger partial charge in [0.1, 0.15) is 0 Å². The van der Waals surface area contributed by atoms with Gasteiger partial charge in [-0.1, -0.05) is 39.5 Å². The lowest BCUT2D eigenvalue weighted by Gasteiger charge is -2.22. The summed E-state index contributed by atoms with van der Waals surface area (Å²) in [6.45, 7) is 6.75. The van der Waals surface area contributed by atoms with Crippen LogP contribution in [0, 0.1) is 11.8 Å². The maximum Gasteiger partial charge on any atom is 0.0576 e. The van der Waals surface area contributed by atoms with Gasteiger partial charge in [0, 0.05) is 12.6 Å². The first-order valence-corrected chi connectivity index (χ1v) is 8.10. The summed E-state index contributed by atoms with van der Waals surface area (Å²) in [6.07, 6.45) is 11.7. The van der Waals surface area contributed by atoms with Crippen LogP contribution in [0.5, 0.6) is 0 Å². The predicted molar refractivity (Wildman–Crippen MR) is 76.8 cm³/mol. The highest BCUT2D eigenvalue weighted by molar-refractivity contribution is 4.80. The van der Waals surface area contributed by atoms with E-state index >= 15 is 0 Å². The fourth-order valence-electron chi connectivity index (χ4n) is 3.63. The van der Waals surface area contributed by atoms with Gasteiger partial charge in [-0.05, 0) is 44.1 Å². The summed E-state index contributed by atoms with van der Waals surface area (Å²) in [6, 6.07) is 0.637. The van der Waals surface area contributed by atoms with Crippen molar-refractivity contribution in [2.24, 2.45) is 11.8 Å². The monoisotopic (exact) mass is 253 g/mol. The van der Waals surface area contributed by atoms with E-state index in [2.05, 4.69) is 19.2 Å². The lowest BCUT2D eigenvalue weighted by atomic mass is 9.90. The molecule has 3 atom stereocenters. The third-order valence-electron chi connectivity index (χ3n) is 4.73. The zero-order chi connectivity index (χ0) is 12.8. The molecule has 2 aliphatic rings. The number of ether oxygens (including phenoxy) is 1. The molecule has 0 spiro atoms. The van der Waals surface area contributed by atoms with Gasteiger partial charge in [-0.25, -0.2) is 0 Å². The van der Waals surface area contributed by atoms with E-state index in [0.29, 0.717) is 12.1 Å². The summed E-state index contributed by atoms with van der Waals surface area (Å²) in [7, 11) is 0. The molecular formula is C16H31NO. The van der Waals surface area contributed by atoms with E-state index in [0.717, 1.165) is 18.4 Å². The Bertz CT molecular complexity index is 223. The molecule has 1 aliphatic carbocycles. The van der Waals surface area contributed by atoms with Crippen LogP contribution in [-0.4, -0.2) is 25.3 Å². The second-order valence-corrected chi connectivity index (χ2v) is 6.58. The molecule has 1 aliphatic heterocycles. The Kier molecular flexibility index (Phi) is 5.97. The van der Waals surface area contributed by atoms with Crippen LogP contribution in [0.15, 0.2) is 0 Å². The lowest BCUT2D eigenvalue weighted by molar-refractivity contribution is 0.1000. The lowest BCUT2D eigenvalue weighted by Crippen LogP contribution is -2.30. The summed E-state index contributed by atoms with van der Waals surface area (Å²) in [5, 5.41) is 3.62. The second kappa shape index (κ2) is 7.49. The summed E-state index contributed by atoms with van der Waals surface area (Å²) >= 11 is 0. The smallest absolute Gasteiger partial charge is 0.0576 e. The number of rotatable bonds is 7. The molecule has 1 heterocycles. The fraction of sp³-hybridized carbons (Fsp3) is 1.00. The van der Waals surface area contributed by atoms with Crippen LogP contribution in [0.3, 0.4) is 0 Å². The molecule has 0 aromatic heterocycles. The topological polar surface area (TPSA) is 21.3 Å². The van der Waals surface area contributed by atoms with Gasteiger partial charge in [-0.2, -0.15) is 0 Å². The highest BCUT2D eigenvalue weighted by Crippen LogP contribution is 2.35. The largest absolute Gasteiger partial charge is 0.378 e. The van der Waals surface area contributed by atoms with Gasteiger partial charge in [0.15, 0.2) is 0 Å². The minimum Gasteiger partial charge on any atom is -0.378 e. The van der Waals surface area contributed by atoms with E-state index in [4.69, 9.17) is 4.74 Å². The van der Waals surface area contributed by atoms with Crippen molar-refractivity contribution < 1.29 is 4.74 Å². The zero-order valence-electron chi connectivity index (χ0n) is 12.3. The number of hydrogen-bond acceptors (Lipinski definition) is 2. The molecule has 1 saturated heterocycles. The van der Waals surface area contributed by atoms with E-state index in [1.165, 1.54) is 57.9 Å². The predicted octanol–water partition coefficient (Wildman–Crippen LogP) is 3.75. The Hall–Kier alpha value is -0.0800. The molecule has 18 heavy (non-hydrogen) atoms. The van der Waals surface area contributed by atoms with Crippen molar-refractivity contribution in [3.05, 3.63) is 0 Å². The molecule has 2 heteroatoms. The molecule has 2 rings (SSSR count). The van der Waals surface area contributed by atoms with E-state index in [-0.39, 0.29) is 0 Å². The standard InChI is InChI=1S/C16H31NO/c1-13(2)17-12-15-8-3-6-14(15)7-4-9-16-10-5-11-18-16/h13-17H,3-12H2,1-2H3. The van der Waals surface area contributed by atoms with E-state index in [1.54, 1.807) is 0 Å². The minimum atomic E-state index is 0.596. The zero-order valence-corrected chi connectivity index (χ0v) is 12.3. The Morgan fingerprint density at radius 3 is 2.61 bits per heavy atom. The normalized spacial score (nSPS) is 32.5. The maximum atomic E-state index is 5.71. The quantitative estimate of drug-likeness (QED) is 0.746. The highest BCUT2D eigenvalue weighted by Gasteiger charge is 2.27. The summed E-state index contributed by atoms with van der Waals surface area (Å²) in [5.41, 5.74) is 0. The average molecular weight is 253 g/mol. The molecule has 2 nitrogen and oxygen atoms in total. The van der Waals surface area contributed by atoms with Crippen molar-refractivity contribution in [2.45, 2.75) is 77.4 Å². The molecule has 106 valence electrons. The van der Waals surface area contributed by atoms with Crippen molar-refractivity contribution in [3.8, 4) is 0 Å².